The molecule has 7 heteroatoms. The summed E-state index contributed by atoms with van der Waals surface area (Å²) in [6.45, 7) is -0.105. The normalized spacial score (nSPS) is 20.3. The molecule has 1 N–H and O–H groups in total. The van der Waals surface area contributed by atoms with E-state index in [0.29, 0.717) is 23.8 Å². The van der Waals surface area contributed by atoms with Crippen molar-refractivity contribution in [1.29, 1.82) is 0 Å². The van der Waals surface area contributed by atoms with Gasteiger partial charge in [-0.25, -0.2) is 13.8 Å². The van der Waals surface area contributed by atoms with Gasteiger partial charge in [0, 0.05) is 18.2 Å². The maximum Gasteiger partial charge on any atom is 0.269 e. The highest BCUT2D eigenvalue weighted by Gasteiger charge is 2.35. The number of nitrogens with zero attached hydrogens (tertiary/aromatic N) is 5. The van der Waals surface area contributed by atoms with Crippen LogP contribution in [0.4, 0.5) is 4.39 Å². The van der Waals surface area contributed by atoms with Gasteiger partial charge in [-0.05, 0) is 5.56 Å². The van der Waals surface area contributed by atoms with Gasteiger partial charge in [-0.2, -0.15) is 10.1 Å². The van der Waals surface area contributed by atoms with Crippen LogP contribution in [0.3, 0.4) is 0 Å². The monoisotopic (exact) mass is 299 g/mol. The summed E-state index contributed by atoms with van der Waals surface area (Å²) in [6, 6.07) is 9.57. The zero-order valence-electron chi connectivity index (χ0n) is 11.7. The number of fused-ring (bicyclic) bond motifs is 1. The molecule has 22 heavy (non-hydrogen) atoms. The third-order valence-electron chi connectivity index (χ3n) is 3.86. The van der Waals surface area contributed by atoms with Crippen LogP contribution in [0.25, 0.3) is 5.95 Å². The quantitative estimate of drug-likeness (QED) is 0.802. The molecule has 0 bridgehead atoms. The molecule has 2 atom stereocenters. The van der Waals surface area contributed by atoms with Crippen molar-refractivity contribution in [2.45, 2.75) is 25.2 Å². The zero-order valence-corrected chi connectivity index (χ0v) is 11.7. The average Bonchev–Trinajstić information content (AvgIpc) is 3.24. The lowest BCUT2D eigenvalue weighted by Gasteiger charge is -2.11. The third-order valence-corrected chi connectivity index (χ3v) is 3.86. The summed E-state index contributed by atoms with van der Waals surface area (Å²) >= 11 is 0. The highest BCUT2D eigenvalue weighted by Crippen LogP contribution is 2.39. The number of aliphatic hydroxyl groups excluding tert-OH is 1. The Balaban J connectivity index is 1.74. The number of benzene rings is 1. The van der Waals surface area contributed by atoms with Gasteiger partial charge in [0.15, 0.2) is 12.0 Å². The fourth-order valence-corrected chi connectivity index (χ4v) is 2.77. The molecular formula is C15H14FN5O. The van der Waals surface area contributed by atoms with E-state index in [1.54, 1.807) is 10.9 Å². The summed E-state index contributed by atoms with van der Waals surface area (Å²) < 4.78 is 17.3. The lowest BCUT2D eigenvalue weighted by Crippen LogP contribution is -2.08. The van der Waals surface area contributed by atoms with E-state index in [4.69, 9.17) is 5.11 Å². The largest absolute Gasteiger partial charge is 0.392 e. The molecule has 1 aromatic carbocycles. The second-order valence-corrected chi connectivity index (χ2v) is 5.30. The molecule has 1 aliphatic heterocycles. The van der Waals surface area contributed by atoms with Crippen LogP contribution in [-0.4, -0.2) is 29.7 Å². The molecule has 3 heterocycles. The van der Waals surface area contributed by atoms with Crippen molar-refractivity contribution in [1.82, 2.24) is 24.5 Å². The van der Waals surface area contributed by atoms with Crippen LogP contribution in [0, 0.1) is 0 Å². The Bertz CT molecular complexity index is 797. The van der Waals surface area contributed by atoms with Crippen LogP contribution in [-0.2, 0) is 6.61 Å². The molecular weight excluding hydrogens is 285 g/mol. The Kier molecular flexibility index (Phi) is 3.00. The second kappa shape index (κ2) is 5.03. The first-order valence-corrected chi connectivity index (χ1v) is 7.06. The van der Waals surface area contributed by atoms with E-state index in [-0.39, 0.29) is 12.6 Å². The van der Waals surface area contributed by atoms with Crippen LogP contribution in [0.2, 0.25) is 0 Å². The maximum absolute atomic E-state index is 14.3. The summed E-state index contributed by atoms with van der Waals surface area (Å²) in [4.78, 5) is 4.26. The first-order chi connectivity index (χ1) is 10.8. The van der Waals surface area contributed by atoms with E-state index < -0.39 is 6.17 Å². The third kappa shape index (κ3) is 2.01. The number of alkyl halides is 1. The molecule has 3 aromatic rings. The molecule has 0 radical (unpaired) electrons. The SMILES string of the molecule is OCc1cnn(-c2nc3n(n2)C(c2ccccc2)CC3F)c1. The summed E-state index contributed by atoms with van der Waals surface area (Å²) in [5.41, 5.74) is 1.67. The minimum absolute atomic E-state index is 0.105. The van der Waals surface area contributed by atoms with Gasteiger partial charge >= 0.3 is 0 Å². The van der Waals surface area contributed by atoms with Crippen molar-refractivity contribution in [2.24, 2.45) is 0 Å². The van der Waals surface area contributed by atoms with Crippen molar-refractivity contribution in [3.8, 4) is 5.95 Å². The van der Waals surface area contributed by atoms with Crippen LogP contribution in [0.1, 0.15) is 35.6 Å². The van der Waals surface area contributed by atoms with Gasteiger partial charge in [0.05, 0.1) is 18.8 Å². The fourth-order valence-electron chi connectivity index (χ4n) is 2.77. The summed E-state index contributed by atoms with van der Waals surface area (Å²) in [5.74, 6) is 0.642. The first-order valence-electron chi connectivity index (χ1n) is 7.06. The van der Waals surface area contributed by atoms with Crippen molar-refractivity contribution in [3.05, 3.63) is 59.7 Å². The molecule has 0 fully saturated rings. The number of aliphatic hydroxyl groups is 1. The van der Waals surface area contributed by atoms with Crippen molar-refractivity contribution in [2.75, 3.05) is 0 Å². The van der Waals surface area contributed by atoms with E-state index in [1.807, 2.05) is 30.3 Å². The number of hydrogen-bond donors (Lipinski definition) is 1. The molecule has 1 aliphatic rings. The molecule has 0 aliphatic carbocycles. The van der Waals surface area contributed by atoms with Crippen LogP contribution in [0.5, 0.6) is 0 Å². The lowest BCUT2D eigenvalue weighted by molar-refractivity contribution is 0.282. The zero-order chi connectivity index (χ0) is 15.1. The molecule has 0 amide bonds. The fraction of sp³-hybridized carbons (Fsp3) is 0.267. The Labute approximate surface area is 125 Å². The second-order valence-electron chi connectivity index (χ2n) is 5.30. The first kappa shape index (κ1) is 13.1. The molecule has 0 saturated carbocycles. The van der Waals surface area contributed by atoms with Gasteiger partial charge in [-0.3, -0.25) is 0 Å². The van der Waals surface area contributed by atoms with Gasteiger partial charge in [0.1, 0.15) is 0 Å². The van der Waals surface area contributed by atoms with E-state index >= 15 is 0 Å². The molecule has 2 unspecified atom stereocenters. The minimum Gasteiger partial charge on any atom is -0.392 e. The number of halogens is 1. The van der Waals surface area contributed by atoms with Gasteiger partial charge in [-0.15, -0.1) is 5.10 Å². The van der Waals surface area contributed by atoms with E-state index in [0.717, 1.165) is 5.56 Å². The summed E-state index contributed by atoms with van der Waals surface area (Å²) in [5, 5.41) is 17.6. The Morgan fingerprint density at radius 2 is 2.09 bits per heavy atom. The molecule has 0 spiro atoms. The topological polar surface area (TPSA) is 68.8 Å². The molecule has 2 aromatic heterocycles. The number of rotatable bonds is 3. The lowest BCUT2D eigenvalue weighted by atomic mass is 10.0. The Morgan fingerprint density at radius 3 is 2.82 bits per heavy atom. The highest BCUT2D eigenvalue weighted by molar-refractivity contribution is 5.25. The summed E-state index contributed by atoms with van der Waals surface area (Å²) in [7, 11) is 0. The highest BCUT2D eigenvalue weighted by atomic mass is 19.1. The molecule has 4 rings (SSSR count). The predicted molar refractivity (Wildman–Crippen MR) is 76.1 cm³/mol. The van der Waals surface area contributed by atoms with Gasteiger partial charge in [-0.1, -0.05) is 30.3 Å². The van der Waals surface area contributed by atoms with Crippen LogP contribution >= 0.6 is 0 Å². The molecule has 0 saturated heterocycles. The van der Waals surface area contributed by atoms with Crippen LogP contribution in [0.15, 0.2) is 42.7 Å². The van der Waals surface area contributed by atoms with E-state index in [1.165, 1.54) is 10.9 Å². The van der Waals surface area contributed by atoms with Crippen molar-refractivity contribution < 1.29 is 9.50 Å². The molecule has 112 valence electrons. The minimum atomic E-state index is -1.14. The average molecular weight is 299 g/mol. The van der Waals surface area contributed by atoms with E-state index in [2.05, 4.69) is 15.2 Å². The van der Waals surface area contributed by atoms with E-state index in [9.17, 15) is 4.39 Å². The Morgan fingerprint density at radius 1 is 1.27 bits per heavy atom. The van der Waals surface area contributed by atoms with Gasteiger partial charge in [0.25, 0.3) is 5.95 Å². The predicted octanol–water partition coefficient (Wildman–Crippen LogP) is 1.96. The van der Waals surface area contributed by atoms with Crippen molar-refractivity contribution >= 4 is 0 Å². The van der Waals surface area contributed by atoms with Crippen LogP contribution < -0.4 is 0 Å². The Hall–Kier alpha value is -2.54. The maximum atomic E-state index is 14.3. The van der Waals surface area contributed by atoms with Gasteiger partial charge < -0.3 is 5.11 Å². The molecule has 6 nitrogen and oxygen atoms in total. The van der Waals surface area contributed by atoms with Gasteiger partial charge in [0.2, 0.25) is 0 Å². The van der Waals surface area contributed by atoms with Crippen molar-refractivity contribution in [3.63, 3.8) is 0 Å². The smallest absolute Gasteiger partial charge is 0.269 e. The number of hydrogen-bond acceptors (Lipinski definition) is 4. The summed E-state index contributed by atoms with van der Waals surface area (Å²) in [6.07, 6.45) is 2.38. The number of aromatic nitrogens is 5. The standard InChI is InChI=1S/C15H14FN5O/c16-12-6-13(11-4-2-1-3-5-11)21-14(12)18-15(19-21)20-8-10(9-22)7-17-20/h1-5,7-8,12-13,22H,6,9H2.